The van der Waals surface area contributed by atoms with E-state index in [2.05, 4.69) is 28.0 Å². The largest absolute Gasteiger partial charge is 0.491 e. The van der Waals surface area contributed by atoms with Crippen LogP contribution >= 0.6 is 12.8 Å². The Labute approximate surface area is 191 Å². The van der Waals surface area contributed by atoms with E-state index < -0.39 is 6.03 Å². The van der Waals surface area contributed by atoms with Crippen LogP contribution in [0.3, 0.4) is 0 Å². The highest BCUT2D eigenvalue weighted by atomic mass is 32.1. The lowest BCUT2D eigenvalue weighted by Gasteiger charge is -2.28. The van der Waals surface area contributed by atoms with Crippen LogP contribution in [0.1, 0.15) is 0 Å². The number of hydrogen-bond donors (Lipinski definition) is 3. The summed E-state index contributed by atoms with van der Waals surface area (Å²) < 4.78 is 12.0. The van der Waals surface area contributed by atoms with Crippen LogP contribution in [0.4, 0.5) is 27.7 Å². The Bertz CT molecular complexity index is 1090. The maximum atomic E-state index is 12.5. The number of methoxy groups -OCH3 is 1. The van der Waals surface area contributed by atoms with E-state index in [1.54, 1.807) is 49.7 Å². The zero-order valence-electron chi connectivity index (χ0n) is 17.6. The number of nitrogens with one attached hydrogen (secondary N) is 1. The molecule has 1 aliphatic heterocycles. The first-order chi connectivity index (χ1) is 15.6. The third kappa shape index (κ3) is 4.71. The van der Waals surface area contributed by atoms with E-state index in [1.807, 2.05) is 12.1 Å². The molecule has 4 rings (SSSR count). The molecule has 2 aromatic carbocycles. The first-order valence-electron chi connectivity index (χ1n) is 10.1. The Morgan fingerprint density at radius 3 is 2.59 bits per heavy atom. The number of urea groups is 1. The first kappa shape index (κ1) is 21.7. The van der Waals surface area contributed by atoms with Crippen molar-refractivity contribution in [3.8, 4) is 17.1 Å². The third-order valence-electron chi connectivity index (χ3n) is 5.02. The summed E-state index contributed by atoms with van der Waals surface area (Å²) in [6.07, 6.45) is 1.67. The number of aromatic nitrogens is 2. The fraction of sp³-hybridized carbons (Fsp3) is 0.227. The minimum Gasteiger partial charge on any atom is -0.491 e. The minimum atomic E-state index is -0.422. The molecule has 0 bridgehead atoms. The highest BCUT2D eigenvalue weighted by Gasteiger charge is 2.19. The summed E-state index contributed by atoms with van der Waals surface area (Å²) in [5.41, 5.74) is 8.31. The van der Waals surface area contributed by atoms with E-state index in [1.165, 1.54) is 4.31 Å². The summed E-state index contributed by atoms with van der Waals surface area (Å²) >= 11 is 4.27. The van der Waals surface area contributed by atoms with E-state index in [0.29, 0.717) is 41.8 Å². The number of rotatable bonds is 5. The number of ether oxygens (including phenoxy) is 2. The molecule has 2 amide bonds. The van der Waals surface area contributed by atoms with Gasteiger partial charge in [-0.2, -0.15) is 0 Å². The van der Waals surface area contributed by atoms with Crippen molar-refractivity contribution >= 4 is 41.7 Å². The Balaban J connectivity index is 1.50. The molecule has 32 heavy (non-hydrogen) atoms. The molecule has 1 saturated heterocycles. The van der Waals surface area contributed by atoms with E-state index in [0.717, 1.165) is 24.5 Å². The van der Waals surface area contributed by atoms with Crippen molar-refractivity contribution in [2.75, 3.05) is 53.7 Å². The molecule has 0 unspecified atom stereocenters. The molecule has 3 aromatic rings. The van der Waals surface area contributed by atoms with Crippen LogP contribution < -0.4 is 25.0 Å². The number of para-hydroxylation sites is 2. The van der Waals surface area contributed by atoms with Gasteiger partial charge >= 0.3 is 6.03 Å². The average Bonchev–Trinajstić information content (AvgIpc) is 2.84. The number of nitrogens with zero attached hydrogens (tertiary/aromatic N) is 4. The number of hydrogen-bond acceptors (Lipinski definition) is 8. The summed E-state index contributed by atoms with van der Waals surface area (Å²) in [4.78, 5) is 23.8. The van der Waals surface area contributed by atoms with Crippen molar-refractivity contribution in [1.82, 2.24) is 9.97 Å². The molecule has 1 fully saturated rings. The molecule has 3 N–H and O–H groups in total. The van der Waals surface area contributed by atoms with Gasteiger partial charge in [-0.25, -0.2) is 19.1 Å². The summed E-state index contributed by atoms with van der Waals surface area (Å²) in [5.74, 6) is 1.93. The Morgan fingerprint density at radius 1 is 1.19 bits per heavy atom. The number of anilines is 4. The van der Waals surface area contributed by atoms with Gasteiger partial charge in [-0.05, 0) is 36.4 Å². The number of benzene rings is 2. The van der Waals surface area contributed by atoms with Gasteiger partial charge in [0.05, 0.1) is 37.9 Å². The summed E-state index contributed by atoms with van der Waals surface area (Å²) in [5, 5.41) is 2.80. The molecule has 1 aromatic heterocycles. The molecule has 10 heteroatoms. The molecule has 9 nitrogen and oxygen atoms in total. The smallest absolute Gasteiger partial charge is 0.336 e. The van der Waals surface area contributed by atoms with Crippen molar-refractivity contribution in [3.05, 3.63) is 54.7 Å². The van der Waals surface area contributed by atoms with Gasteiger partial charge in [0.25, 0.3) is 0 Å². The normalized spacial score (nSPS) is 13.5. The highest BCUT2D eigenvalue weighted by Crippen LogP contribution is 2.29. The summed E-state index contributed by atoms with van der Waals surface area (Å²) in [6.45, 7) is 2.77. The summed E-state index contributed by atoms with van der Waals surface area (Å²) in [7, 11) is 1.60. The van der Waals surface area contributed by atoms with Crippen molar-refractivity contribution in [2.45, 2.75) is 0 Å². The van der Waals surface area contributed by atoms with Crippen molar-refractivity contribution < 1.29 is 14.3 Å². The van der Waals surface area contributed by atoms with Crippen LogP contribution in [0, 0.1) is 0 Å². The quantitative estimate of drug-likeness (QED) is 0.402. The Kier molecular flexibility index (Phi) is 6.62. The summed E-state index contributed by atoms with van der Waals surface area (Å²) in [6, 6.07) is 13.9. The van der Waals surface area contributed by atoms with Crippen molar-refractivity contribution in [2.24, 2.45) is 0 Å². The van der Waals surface area contributed by atoms with Gasteiger partial charge in [-0.15, -0.1) is 0 Å². The molecule has 0 saturated carbocycles. The van der Waals surface area contributed by atoms with Gasteiger partial charge < -0.3 is 25.4 Å². The molecule has 0 aliphatic carbocycles. The SMILES string of the molecule is COc1cnc(-c2ccc(NC(=O)N(S)c3ccccc3N)cc2)nc1N1CCOCC1. The predicted octanol–water partition coefficient (Wildman–Crippen LogP) is 3.45. The van der Waals surface area contributed by atoms with Gasteiger partial charge in [0.15, 0.2) is 17.4 Å². The lowest BCUT2D eigenvalue weighted by molar-refractivity contribution is 0.122. The van der Waals surface area contributed by atoms with Crippen LogP contribution in [-0.2, 0) is 4.74 Å². The second-order valence-corrected chi connectivity index (χ2v) is 7.46. The van der Waals surface area contributed by atoms with Gasteiger partial charge in [0.1, 0.15) is 0 Å². The fourth-order valence-corrected chi connectivity index (χ4v) is 3.55. The maximum Gasteiger partial charge on any atom is 0.336 e. The maximum absolute atomic E-state index is 12.5. The second kappa shape index (κ2) is 9.75. The number of amides is 2. The number of carbonyl (C=O) groups is 1. The number of nitrogen functional groups attached to an aromatic ring is 1. The highest BCUT2D eigenvalue weighted by molar-refractivity contribution is 7.82. The standard InChI is InChI=1S/C22H24N6O3S/c1-30-19-14-24-20(26-21(19)27-10-12-31-13-11-27)15-6-8-16(9-7-15)25-22(29)28(32)18-5-3-2-4-17(18)23/h2-9,14,32H,10-13,23H2,1H3,(H,25,29). The average molecular weight is 453 g/mol. The van der Waals surface area contributed by atoms with Crippen LogP contribution in [0.5, 0.6) is 5.75 Å². The first-order valence-corrected chi connectivity index (χ1v) is 10.5. The lowest BCUT2D eigenvalue weighted by atomic mass is 10.2. The number of nitrogens with two attached hydrogens (primary N) is 1. The fourth-order valence-electron chi connectivity index (χ4n) is 3.32. The van der Waals surface area contributed by atoms with Crippen LogP contribution in [0.2, 0.25) is 0 Å². The van der Waals surface area contributed by atoms with Gasteiger partial charge in [-0.1, -0.05) is 24.9 Å². The molecular formula is C22H24N6O3S. The Hall–Kier alpha value is -3.50. The lowest BCUT2D eigenvalue weighted by Crippen LogP contribution is -2.37. The number of carbonyl (C=O) groups excluding carboxylic acids is 1. The van der Waals surface area contributed by atoms with Crippen molar-refractivity contribution in [3.63, 3.8) is 0 Å². The van der Waals surface area contributed by atoms with Crippen molar-refractivity contribution in [1.29, 1.82) is 0 Å². The monoisotopic (exact) mass is 452 g/mol. The number of thiol groups is 1. The van der Waals surface area contributed by atoms with E-state index >= 15 is 0 Å². The predicted molar refractivity (Wildman–Crippen MR) is 128 cm³/mol. The molecule has 0 atom stereocenters. The number of morpholine rings is 1. The molecule has 2 heterocycles. The topological polar surface area (TPSA) is 106 Å². The van der Waals surface area contributed by atoms with E-state index in [4.69, 9.17) is 20.2 Å². The third-order valence-corrected chi connectivity index (χ3v) is 5.42. The van der Waals surface area contributed by atoms with Gasteiger partial charge in [0, 0.05) is 24.3 Å². The molecule has 1 aliphatic rings. The molecule has 0 radical (unpaired) electrons. The van der Waals surface area contributed by atoms with Crippen LogP contribution in [0.15, 0.2) is 54.7 Å². The minimum absolute atomic E-state index is 0.422. The van der Waals surface area contributed by atoms with Gasteiger partial charge in [0.2, 0.25) is 0 Å². The zero-order chi connectivity index (χ0) is 22.5. The van der Waals surface area contributed by atoms with E-state index in [-0.39, 0.29) is 0 Å². The van der Waals surface area contributed by atoms with Crippen LogP contribution in [-0.4, -0.2) is 49.4 Å². The molecule has 166 valence electrons. The molecule has 0 spiro atoms. The second-order valence-electron chi connectivity index (χ2n) is 7.06. The van der Waals surface area contributed by atoms with E-state index in [9.17, 15) is 4.79 Å². The molecular weight excluding hydrogens is 428 g/mol. The Morgan fingerprint density at radius 2 is 1.91 bits per heavy atom. The van der Waals surface area contributed by atoms with Gasteiger partial charge in [-0.3, -0.25) is 0 Å². The van der Waals surface area contributed by atoms with Crippen LogP contribution in [0.25, 0.3) is 11.4 Å². The zero-order valence-corrected chi connectivity index (χ0v) is 18.5.